The van der Waals surface area contributed by atoms with Gasteiger partial charge in [0.1, 0.15) is 6.04 Å². The summed E-state index contributed by atoms with van der Waals surface area (Å²) in [7, 11) is 0. The number of aliphatic hydroxyl groups excluding tert-OH is 1. The van der Waals surface area contributed by atoms with Crippen LogP contribution in [0, 0.1) is 5.41 Å². The zero-order valence-electron chi connectivity index (χ0n) is 16.0. The highest BCUT2D eigenvalue weighted by Crippen LogP contribution is 2.35. The van der Waals surface area contributed by atoms with Gasteiger partial charge in [0.2, 0.25) is 11.8 Å². The molecule has 150 valence electrons. The van der Waals surface area contributed by atoms with Crippen LogP contribution >= 0.6 is 23.4 Å². The Bertz CT molecular complexity index is 631. The molecule has 0 aromatic heterocycles. The van der Waals surface area contributed by atoms with Crippen LogP contribution in [0.15, 0.2) is 24.3 Å². The van der Waals surface area contributed by atoms with Gasteiger partial charge in [0.25, 0.3) is 0 Å². The van der Waals surface area contributed by atoms with Crippen LogP contribution in [0.25, 0.3) is 0 Å². The normalized spacial score (nSPS) is 17.4. The van der Waals surface area contributed by atoms with Gasteiger partial charge in [0.05, 0.1) is 0 Å². The van der Waals surface area contributed by atoms with Crippen LogP contribution in [-0.4, -0.2) is 59.6 Å². The molecule has 1 heterocycles. The molecule has 0 bridgehead atoms. The minimum absolute atomic E-state index is 0.0164. The van der Waals surface area contributed by atoms with E-state index in [2.05, 4.69) is 5.32 Å². The lowest BCUT2D eigenvalue weighted by molar-refractivity contribution is -0.138. The zero-order chi connectivity index (χ0) is 19.9. The predicted molar refractivity (Wildman–Crippen MR) is 111 cm³/mol. The average Bonchev–Trinajstić information content (AvgIpc) is 2.66. The fourth-order valence-electron chi connectivity index (χ4n) is 3.59. The maximum atomic E-state index is 12.9. The Kier molecular flexibility index (Phi) is 8.45. The number of carbonyl (C=O) groups excluding carboxylic acids is 2. The van der Waals surface area contributed by atoms with E-state index in [-0.39, 0.29) is 23.8 Å². The van der Waals surface area contributed by atoms with Crippen molar-refractivity contribution in [3.8, 4) is 0 Å². The second-order valence-corrected chi connectivity index (χ2v) is 8.74. The summed E-state index contributed by atoms with van der Waals surface area (Å²) in [6.07, 6.45) is 4.87. The summed E-state index contributed by atoms with van der Waals surface area (Å²) in [6.45, 7) is 2.74. The van der Waals surface area contributed by atoms with Crippen molar-refractivity contribution in [2.75, 3.05) is 31.7 Å². The van der Waals surface area contributed by atoms with Crippen molar-refractivity contribution in [3.63, 3.8) is 0 Å². The van der Waals surface area contributed by atoms with Crippen molar-refractivity contribution in [1.82, 2.24) is 10.2 Å². The molecule has 1 atom stereocenters. The quantitative estimate of drug-likeness (QED) is 0.688. The molecule has 0 aliphatic carbocycles. The van der Waals surface area contributed by atoms with Crippen LogP contribution in [0.2, 0.25) is 5.02 Å². The molecule has 0 spiro atoms. The van der Waals surface area contributed by atoms with Crippen LogP contribution in [0.5, 0.6) is 0 Å². The number of hydrogen-bond acceptors (Lipinski definition) is 4. The van der Waals surface area contributed by atoms with Gasteiger partial charge in [0, 0.05) is 37.1 Å². The molecule has 27 heavy (non-hydrogen) atoms. The molecule has 1 aliphatic rings. The minimum Gasteiger partial charge on any atom is -0.396 e. The van der Waals surface area contributed by atoms with Gasteiger partial charge in [-0.25, -0.2) is 0 Å². The topological polar surface area (TPSA) is 69.6 Å². The largest absolute Gasteiger partial charge is 0.396 e. The summed E-state index contributed by atoms with van der Waals surface area (Å²) in [5.41, 5.74) is 0.928. The summed E-state index contributed by atoms with van der Waals surface area (Å²) < 4.78 is 0. The molecule has 0 radical (unpaired) electrons. The van der Waals surface area contributed by atoms with Crippen molar-refractivity contribution >= 4 is 35.2 Å². The summed E-state index contributed by atoms with van der Waals surface area (Å²) >= 11 is 7.62. The number of aliphatic hydroxyl groups is 1. The zero-order valence-corrected chi connectivity index (χ0v) is 17.6. The van der Waals surface area contributed by atoms with Gasteiger partial charge >= 0.3 is 0 Å². The number of likely N-dealkylation sites (tertiary alicyclic amines) is 1. The first-order valence-electron chi connectivity index (χ1n) is 9.29. The van der Waals surface area contributed by atoms with Crippen LogP contribution in [0.1, 0.15) is 31.7 Å². The highest BCUT2D eigenvalue weighted by atomic mass is 35.5. The summed E-state index contributed by atoms with van der Waals surface area (Å²) in [5.74, 6) is 0.623. The molecule has 0 saturated carbocycles. The third kappa shape index (κ3) is 6.40. The van der Waals surface area contributed by atoms with E-state index < -0.39 is 6.04 Å². The van der Waals surface area contributed by atoms with Crippen molar-refractivity contribution in [2.24, 2.45) is 5.41 Å². The first kappa shape index (κ1) is 22.1. The Balaban J connectivity index is 1.99. The molecule has 1 aliphatic heterocycles. The Morgan fingerprint density at radius 1 is 1.30 bits per heavy atom. The number of hydrogen-bond donors (Lipinski definition) is 2. The van der Waals surface area contributed by atoms with E-state index in [1.807, 2.05) is 35.4 Å². The summed E-state index contributed by atoms with van der Waals surface area (Å²) in [5, 5.41) is 13.5. The molecule has 2 rings (SSSR count). The number of thioether (sulfide) groups is 1. The van der Waals surface area contributed by atoms with Crippen LogP contribution in [0.4, 0.5) is 0 Å². The Labute approximate surface area is 170 Å². The van der Waals surface area contributed by atoms with Gasteiger partial charge in [-0.05, 0) is 55.4 Å². The molecule has 1 saturated heterocycles. The maximum absolute atomic E-state index is 12.9. The third-order valence-electron chi connectivity index (χ3n) is 5.25. The second kappa shape index (κ2) is 10.3. The predicted octanol–water partition coefficient (Wildman–Crippen LogP) is 2.74. The fraction of sp³-hybridized carbons (Fsp3) is 0.600. The number of carbonyl (C=O) groups is 2. The SMILES string of the molecule is CSCC[C@H](NC(C)=O)C(=O)N1CCC(CO)(Cc2ccc(Cl)cc2)CC1. The first-order valence-corrected chi connectivity index (χ1v) is 11.1. The van der Waals surface area contributed by atoms with Crippen LogP contribution < -0.4 is 5.32 Å². The highest BCUT2D eigenvalue weighted by Gasteiger charge is 2.37. The minimum atomic E-state index is -0.465. The van der Waals surface area contributed by atoms with Crippen molar-refractivity contribution < 1.29 is 14.7 Å². The van der Waals surface area contributed by atoms with E-state index >= 15 is 0 Å². The molecule has 1 aromatic rings. The van der Waals surface area contributed by atoms with Crippen molar-refractivity contribution in [3.05, 3.63) is 34.9 Å². The maximum Gasteiger partial charge on any atom is 0.245 e. The molecule has 7 heteroatoms. The van der Waals surface area contributed by atoms with Gasteiger partial charge in [-0.2, -0.15) is 11.8 Å². The number of nitrogens with zero attached hydrogens (tertiary/aromatic N) is 1. The lowest BCUT2D eigenvalue weighted by Gasteiger charge is -2.42. The molecule has 5 nitrogen and oxygen atoms in total. The molecule has 1 fully saturated rings. The Hall–Kier alpha value is -1.24. The monoisotopic (exact) mass is 412 g/mol. The van der Waals surface area contributed by atoms with Crippen LogP contribution in [0.3, 0.4) is 0 Å². The smallest absolute Gasteiger partial charge is 0.245 e. The number of rotatable bonds is 8. The van der Waals surface area contributed by atoms with Gasteiger partial charge in [-0.3, -0.25) is 9.59 Å². The molecule has 0 unspecified atom stereocenters. The van der Waals surface area contributed by atoms with E-state index in [4.69, 9.17) is 11.6 Å². The van der Waals surface area contributed by atoms with E-state index in [0.717, 1.165) is 30.6 Å². The van der Waals surface area contributed by atoms with E-state index in [1.54, 1.807) is 11.8 Å². The second-order valence-electron chi connectivity index (χ2n) is 7.32. The standard InChI is InChI=1S/C20H29ClN2O3S/c1-15(25)22-18(7-12-27-2)19(26)23-10-8-20(14-24,9-11-23)13-16-3-5-17(21)6-4-16/h3-6,18,24H,7-14H2,1-2H3,(H,22,25)/t18-/m0/s1. The fourth-order valence-corrected chi connectivity index (χ4v) is 4.18. The van der Waals surface area contributed by atoms with Gasteiger partial charge in [-0.1, -0.05) is 23.7 Å². The number of piperidine rings is 1. The molecule has 1 aromatic carbocycles. The van der Waals surface area contributed by atoms with Crippen molar-refractivity contribution in [1.29, 1.82) is 0 Å². The van der Waals surface area contributed by atoms with Gasteiger partial charge in [-0.15, -0.1) is 0 Å². The molecular formula is C20H29ClN2O3S. The Morgan fingerprint density at radius 2 is 1.93 bits per heavy atom. The third-order valence-corrected chi connectivity index (χ3v) is 6.15. The van der Waals surface area contributed by atoms with Gasteiger partial charge < -0.3 is 15.3 Å². The number of halogens is 1. The van der Waals surface area contributed by atoms with E-state index in [0.29, 0.717) is 24.5 Å². The molecule has 2 amide bonds. The summed E-state index contributed by atoms with van der Waals surface area (Å²) in [4.78, 5) is 26.1. The lowest BCUT2D eigenvalue weighted by Crippen LogP contribution is -2.52. The highest BCUT2D eigenvalue weighted by molar-refractivity contribution is 7.98. The Morgan fingerprint density at radius 3 is 2.44 bits per heavy atom. The van der Waals surface area contributed by atoms with Crippen LogP contribution in [-0.2, 0) is 16.0 Å². The summed E-state index contributed by atoms with van der Waals surface area (Å²) in [6, 6.07) is 7.25. The molecule has 2 N–H and O–H groups in total. The average molecular weight is 413 g/mol. The number of amides is 2. The van der Waals surface area contributed by atoms with Gasteiger partial charge in [0.15, 0.2) is 0 Å². The molecular weight excluding hydrogens is 384 g/mol. The van der Waals surface area contributed by atoms with E-state index in [9.17, 15) is 14.7 Å². The first-order chi connectivity index (χ1) is 12.9. The number of nitrogens with one attached hydrogen (secondary N) is 1. The number of benzene rings is 1. The van der Waals surface area contributed by atoms with E-state index in [1.165, 1.54) is 6.92 Å². The van der Waals surface area contributed by atoms with Crippen molar-refractivity contribution in [2.45, 2.75) is 38.6 Å². The lowest BCUT2D eigenvalue weighted by atomic mass is 9.74.